The summed E-state index contributed by atoms with van der Waals surface area (Å²) in [6.07, 6.45) is 0. The number of hydrogen-bond donors (Lipinski definition) is 1. The van der Waals surface area contributed by atoms with Crippen LogP contribution in [0.15, 0.2) is 78.9 Å². The molecule has 0 spiro atoms. The molecule has 1 aliphatic rings. The second-order valence-electron chi connectivity index (χ2n) is 6.99. The predicted molar refractivity (Wildman–Crippen MR) is 104 cm³/mol. The predicted octanol–water partition coefficient (Wildman–Crippen LogP) is 4.08. The van der Waals surface area contributed by atoms with Crippen LogP contribution in [0.1, 0.15) is 21.5 Å². The highest BCUT2D eigenvalue weighted by Gasteiger charge is 2.69. The third-order valence-corrected chi connectivity index (χ3v) is 5.16. The van der Waals surface area contributed by atoms with Crippen molar-refractivity contribution in [2.24, 2.45) is 0 Å². The van der Waals surface area contributed by atoms with Crippen LogP contribution in [0.5, 0.6) is 0 Å². The molecule has 0 aliphatic carbocycles. The highest BCUT2D eigenvalue weighted by atomic mass is 19.3. The van der Waals surface area contributed by atoms with Crippen molar-refractivity contribution >= 4 is 17.4 Å². The van der Waals surface area contributed by atoms with Gasteiger partial charge in [-0.3, -0.25) is 9.59 Å². The molecule has 1 N–H and O–H groups in total. The molecule has 152 valence electrons. The van der Waals surface area contributed by atoms with Gasteiger partial charge in [0, 0.05) is 11.1 Å². The number of anilines is 1. The van der Waals surface area contributed by atoms with Crippen molar-refractivity contribution in [3.8, 4) is 0 Å². The van der Waals surface area contributed by atoms with Gasteiger partial charge in [-0.25, -0.2) is 4.39 Å². The molecular formula is C23H16F3NO3. The van der Waals surface area contributed by atoms with E-state index < -0.39 is 40.3 Å². The van der Waals surface area contributed by atoms with Crippen LogP contribution < -0.4 is 4.90 Å². The summed E-state index contributed by atoms with van der Waals surface area (Å²) >= 11 is 0. The highest BCUT2D eigenvalue weighted by Crippen LogP contribution is 2.51. The second kappa shape index (κ2) is 7.11. The second-order valence-corrected chi connectivity index (χ2v) is 6.99. The standard InChI is InChI=1S/C23H16F3NO3/c24-18-13-7-12-17-19(18)27(14-15-8-3-1-4-9-15)21(29)22(17,30)23(25,26)20(28)16-10-5-2-6-11-16/h1-13,30H,14H2/t22-/m0/s1. The first kappa shape index (κ1) is 19.8. The van der Waals surface area contributed by atoms with Gasteiger partial charge in [-0.1, -0.05) is 72.8 Å². The molecule has 4 nitrogen and oxygen atoms in total. The number of carbonyl (C=O) groups is 2. The van der Waals surface area contributed by atoms with Crippen molar-refractivity contribution in [3.63, 3.8) is 0 Å². The summed E-state index contributed by atoms with van der Waals surface area (Å²) in [6.45, 7) is -0.245. The molecule has 1 amide bonds. The first-order chi connectivity index (χ1) is 14.3. The van der Waals surface area contributed by atoms with Crippen LogP contribution in [0.3, 0.4) is 0 Å². The molecule has 0 saturated heterocycles. The van der Waals surface area contributed by atoms with Crippen LogP contribution in [0.25, 0.3) is 0 Å². The highest BCUT2D eigenvalue weighted by molar-refractivity contribution is 6.14. The number of Topliss-reactive ketones (excluding diaryl/α,β-unsaturated/α-hetero) is 1. The van der Waals surface area contributed by atoms with Gasteiger partial charge in [-0.2, -0.15) is 8.78 Å². The molecule has 1 aliphatic heterocycles. The minimum Gasteiger partial charge on any atom is -0.370 e. The van der Waals surface area contributed by atoms with Gasteiger partial charge in [0.05, 0.1) is 12.2 Å². The molecule has 0 bridgehead atoms. The Hall–Kier alpha value is -3.45. The zero-order valence-electron chi connectivity index (χ0n) is 15.6. The van der Waals surface area contributed by atoms with Crippen molar-refractivity contribution < 1.29 is 27.9 Å². The fraction of sp³-hybridized carbons (Fsp3) is 0.130. The van der Waals surface area contributed by atoms with Gasteiger partial charge in [0.2, 0.25) is 11.4 Å². The molecule has 0 radical (unpaired) electrons. The number of alkyl halides is 2. The maximum Gasteiger partial charge on any atom is 0.351 e. The zero-order chi connectivity index (χ0) is 21.5. The normalized spacial score (nSPS) is 18.4. The summed E-state index contributed by atoms with van der Waals surface area (Å²) in [5.74, 6) is -8.66. The van der Waals surface area contributed by atoms with E-state index in [1.807, 2.05) is 0 Å². The number of benzene rings is 3. The summed E-state index contributed by atoms with van der Waals surface area (Å²) in [6, 6.07) is 18.1. The Labute approximate surface area is 170 Å². The number of fused-ring (bicyclic) bond motifs is 1. The van der Waals surface area contributed by atoms with Crippen molar-refractivity contribution in [1.82, 2.24) is 0 Å². The lowest BCUT2D eigenvalue weighted by atomic mass is 9.84. The molecule has 3 aromatic carbocycles. The number of hydrogen-bond acceptors (Lipinski definition) is 3. The van der Waals surface area contributed by atoms with Crippen molar-refractivity contribution in [2.75, 3.05) is 4.90 Å². The molecule has 0 unspecified atom stereocenters. The fourth-order valence-corrected chi connectivity index (χ4v) is 3.65. The smallest absolute Gasteiger partial charge is 0.351 e. The van der Waals surface area contributed by atoms with Crippen LogP contribution in [-0.4, -0.2) is 22.7 Å². The Morgan fingerprint density at radius 3 is 2.17 bits per heavy atom. The minimum atomic E-state index is -4.53. The Morgan fingerprint density at radius 1 is 0.933 bits per heavy atom. The molecule has 7 heteroatoms. The van der Waals surface area contributed by atoms with E-state index in [2.05, 4.69) is 0 Å². The van der Waals surface area contributed by atoms with Crippen molar-refractivity contribution in [3.05, 3.63) is 101 Å². The van der Waals surface area contributed by atoms with Crippen LogP contribution >= 0.6 is 0 Å². The number of ketones is 1. The van der Waals surface area contributed by atoms with Gasteiger partial charge >= 0.3 is 5.92 Å². The molecular weight excluding hydrogens is 395 g/mol. The van der Waals surface area contributed by atoms with Gasteiger partial charge in [-0.15, -0.1) is 0 Å². The van der Waals surface area contributed by atoms with Crippen LogP contribution in [0.4, 0.5) is 18.9 Å². The molecule has 30 heavy (non-hydrogen) atoms. The quantitative estimate of drug-likeness (QED) is 0.644. The Balaban J connectivity index is 1.85. The van der Waals surface area contributed by atoms with E-state index in [1.54, 1.807) is 30.3 Å². The Morgan fingerprint density at radius 2 is 1.53 bits per heavy atom. The topological polar surface area (TPSA) is 57.6 Å². The molecule has 0 aromatic heterocycles. The molecule has 0 fully saturated rings. The molecule has 0 saturated carbocycles. The fourth-order valence-electron chi connectivity index (χ4n) is 3.65. The molecule has 4 rings (SSSR count). The molecule has 1 heterocycles. The van der Waals surface area contributed by atoms with E-state index in [0.717, 1.165) is 35.2 Å². The lowest BCUT2D eigenvalue weighted by Gasteiger charge is -2.30. The van der Waals surface area contributed by atoms with E-state index in [-0.39, 0.29) is 12.1 Å². The number of carbonyl (C=O) groups excluding carboxylic acids is 2. The van der Waals surface area contributed by atoms with E-state index >= 15 is 8.78 Å². The number of nitrogens with zero attached hydrogens (tertiary/aromatic N) is 1. The Kier molecular flexibility index (Phi) is 4.70. The lowest BCUT2D eigenvalue weighted by molar-refractivity contribution is -0.173. The maximum absolute atomic E-state index is 15.4. The number of para-hydroxylation sites is 1. The Bertz CT molecular complexity index is 1120. The van der Waals surface area contributed by atoms with Crippen LogP contribution in [0, 0.1) is 5.82 Å². The number of aliphatic hydroxyl groups is 1. The first-order valence-electron chi connectivity index (χ1n) is 9.13. The van der Waals surface area contributed by atoms with Crippen LogP contribution in [-0.2, 0) is 16.9 Å². The third kappa shape index (κ3) is 2.81. The average molecular weight is 411 g/mol. The SMILES string of the molecule is O=C(c1ccccc1)C(F)(F)[C@@]1(O)C(=O)N(Cc2ccccc2)c2c(F)cccc21. The number of amides is 1. The van der Waals surface area contributed by atoms with Gasteiger partial charge < -0.3 is 10.0 Å². The maximum atomic E-state index is 15.4. The lowest BCUT2D eigenvalue weighted by Crippen LogP contribution is -2.56. The van der Waals surface area contributed by atoms with E-state index in [0.29, 0.717) is 5.56 Å². The van der Waals surface area contributed by atoms with E-state index in [9.17, 15) is 19.1 Å². The summed E-state index contributed by atoms with van der Waals surface area (Å²) in [4.78, 5) is 26.4. The van der Waals surface area contributed by atoms with Gasteiger partial charge in [-0.05, 0) is 11.6 Å². The first-order valence-corrected chi connectivity index (χ1v) is 9.13. The zero-order valence-corrected chi connectivity index (χ0v) is 15.6. The van der Waals surface area contributed by atoms with Crippen LogP contribution in [0.2, 0.25) is 0 Å². The van der Waals surface area contributed by atoms with Crippen molar-refractivity contribution in [2.45, 2.75) is 18.1 Å². The van der Waals surface area contributed by atoms with Crippen molar-refractivity contribution in [1.29, 1.82) is 0 Å². The molecule has 1 atom stereocenters. The monoisotopic (exact) mass is 411 g/mol. The van der Waals surface area contributed by atoms with E-state index in [1.165, 1.54) is 18.2 Å². The molecule has 3 aromatic rings. The summed E-state index contributed by atoms with van der Waals surface area (Å²) in [5.41, 5.74) is -4.47. The van der Waals surface area contributed by atoms with Gasteiger partial charge in [0.25, 0.3) is 5.91 Å². The van der Waals surface area contributed by atoms with Gasteiger partial charge in [0.1, 0.15) is 5.82 Å². The minimum absolute atomic E-state index is 0.245. The third-order valence-electron chi connectivity index (χ3n) is 5.16. The summed E-state index contributed by atoms with van der Waals surface area (Å²) in [5, 5.41) is 11.0. The largest absolute Gasteiger partial charge is 0.370 e. The average Bonchev–Trinajstić information content (AvgIpc) is 2.98. The summed E-state index contributed by atoms with van der Waals surface area (Å²) in [7, 11) is 0. The summed E-state index contributed by atoms with van der Waals surface area (Å²) < 4.78 is 45.4. The number of rotatable bonds is 5. The number of halogens is 3. The van der Waals surface area contributed by atoms with E-state index in [4.69, 9.17) is 0 Å². The van der Waals surface area contributed by atoms with Gasteiger partial charge in [0.15, 0.2) is 0 Å².